The summed E-state index contributed by atoms with van der Waals surface area (Å²) in [5, 5.41) is 13.7. The van der Waals surface area contributed by atoms with Crippen LogP contribution >= 0.6 is 0 Å². The Morgan fingerprint density at radius 1 is 1.07 bits per heavy atom. The van der Waals surface area contributed by atoms with Crippen LogP contribution in [0.15, 0.2) is 72.3 Å². The van der Waals surface area contributed by atoms with E-state index in [1.165, 1.54) is 0 Å². The molecule has 0 saturated heterocycles. The van der Waals surface area contributed by atoms with Crippen LogP contribution in [-0.2, 0) is 18.5 Å². The van der Waals surface area contributed by atoms with E-state index in [2.05, 4.69) is 40.0 Å². The van der Waals surface area contributed by atoms with Crippen LogP contribution in [0, 0.1) is 6.92 Å². The average molecular weight is 596 g/mol. The summed E-state index contributed by atoms with van der Waals surface area (Å²) in [6.07, 6.45) is 9.24. The summed E-state index contributed by atoms with van der Waals surface area (Å²) in [5.41, 5.74) is 4.69. The summed E-state index contributed by atoms with van der Waals surface area (Å²) in [6, 6.07) is 12.2. The molecule has 5 aromatic heterocycles. The van der Waals surface area contributed by atoms with Crippen LogP contribution in [-0.4, -0.2) is 53.2 Å². The van der Waals surface area contributed by atoms with Crippen LogP contribution in [0.3, 0.4) is 0 Å². The Hall–Kier alpha value is -4.55. The molecule has 1 atom stereocenters. The molecule has 5 heterocycles. The van der Waals surface area contributed by atoms with E-state index in [1.54, 1.807) is 20.1 Å². The minimum absolute atomic E-state index is 0.127. The Morgan fingerprint density at radius 3 is 2.58 bits per heavy atom. The summed E-state index contributed by atoms with van der Waals surface area (Å²) in [5.74, 6) is 1.19. The normalized spacial score (nSPS) is 12.8. The molecule has 0 amide bonds. The predicted molar refractivity (Wildman–Crippen MR) is 171 cm³/mol. The van der Waals surface area contributed by atoms with Crippen LogP contribution in [0.4, 0.5) is 5.82 Å². The number of ether oxygens (including phenoxy) is 1. The third-order valence-electron chi connectivity index (χ3n) is 7.56. The molecular formula is C31H37N9O2Si. The number of aromatic nitrogens is 8. The smallest absolute Gasteiger partial charge is 0.282 e. The molecule has 0 saturated carbocycles. The molecule has 0 spiro atoms. The topological polar surface area (TPSA) is 109 Å². The molecular weight excluding hydrogens is 558 g/mol. The zero-order valence-electron chi connectivity index (χ0n) is 25.4. The Kier molecular flexibility index (Phi) is 7.48. The van der Waals surface area contributed by atoms with E-state index in [9.17, 15) is 4.79 Å². The quantitative estimate of drug-likeness (QED) is 0.166. The van der Waals surface area contributed by atoms with Crippen LogP contribution in [0.25, 0.3) is 33.4 Å². The SMILES string of the molecule is Cc1ccn2nc(C(C)Nc3ncnc4c3c(-c3cnn(C)c3)cn4COCC[Si](C)(C)C)n(-c3ccccc3)c(=O)c12. The van der Waals surface area contributed by atoms with E-state index in [0.29, 0.717) is 30.5 Å². The number of rotatable bonds is 10. The Bertz CT molecular complexity index is 1960. The van der Waals surface area contributed by atoms with Gasteiger partial charge in [0.15, 0.2) is 5.82 Å². The van der Waals surface area contributed by atoms with Gasteiger partial charge in [-0.25, -0.2) is 14.5 Å². The molecule has 0 bridgehead atoms. The van der Waals surface area contributed by atoms with E-state index in [0.717, 1.165) is 39.5 Å². The highest BCUT2D eigenvalue weighted by molar-refractivity contribution is 6.76. The van der Waals surface area contributed by atoms with Gasteiger partial charge in [0.1, 0.15) is 30.0 Å². The van der Waals surface area contributed by atoms with Gasteiger partial charge in [0.05, 0.1) is 23.3 Å². The fraction of sp³-hybridized carbons (Fsp3) is 0.323. The number of hydrogen-bond acceptors (Lipinski definition) is 7. The Labute approximate surface area is 250 Å². The van der Waals surface area contributed by atoms with Crippen molar-refractivity contribution in [2.75, 3.05) is 11.9 Å². The van der Waals surface area contributed by atoms with Crippen LogP contribution < -0.4 is 10.9 Å². The molecule has 1 aromatic carbocycles. The summed E-state index contributed by atoms with van der Waals surface area (Å²) < 4.78 is 13.3. The first-order valence-electron chi connectivity index (χ1n) is 14.4. The van der Waals surface area contributed by atoms with Crippen molar-refractivity contribution in [2.24, 2.45) is 7.05 Å². The van der Waals surface area contributed by atoms with Gasteiger partial charge >= 0.3 is 0 Å². The standard InChI is InChI=1S/C31H37N9O2Si/c1-21-12-13-39-27(21)31(41)40(24-10-8-7-9-11-24)29(36-39)22(2)35-28-26-25(23-16-34-37(3)17-23)18-38(30(26)33-19-32-28)20-42-14-15-43(4,5)6/h7-13,16-19,22H,14-15,20H2,1-6H3,(H,32,33,35). The highest BCUT2D eigenvalue weighted by Gasteiger charge is 2.23. The van der Waals surface area contributed by atoms with Gasteiger partial charge in [-0.1, -0.05) is 37.8 Å². The lowest BCUT2D eigenvalue weighted by Gasteiger charge is -2.20. The molecule has 1 unspecified atom stereocenters. The van der Waals surface area contributed by atoms with Gasteiger partial charge in [-0.05, 0) is 43.7 Å². The molecule has 12 heteroatoms. The van der Waals surface area contributed by atoms with Crippen LogP contribution in [0.5, 0.6) is 0 Å². The second-order valence-electron chi connectivity index (χ2n) is 12.2. The van der Waals surface area contributed by atoms with Gasteiger partial charge in [0.25, 0.3) is 5.56 Å². The van der Waals surface area contributed by atoms with Crippen molar-refractivity contribution in [3.63, 3.8) is 0 Å². The molecule has 0 aliphatic rings. The molecule has 0 aliphatic carbocycles. The van der Waals surface area contributed by atoms with Gasteiger partial charge in [0.2, 0.25) is 0 Å². The number of hydrogen-bond donors (Lipinski definition) is 1. The van der Waals surface area contributed by atoms with Crippen molar-refractivity contribution in [1.29, 1.82) is 0 Å². The largest absolute Gasteiger partial charge is 0.361 e. The molecule has 222 valence electrons. The number of nitrogens with zero attached hydrogens (tertiary/aromatic N) is 8. The molecule has 6 rings (SSSR count). The van der Waals surface area contributed by atoms with Crippen molar-refractivity contribution >= 4 is 30.4 Å². The van der Waals surface area contributed by atoms with Crippen molar-refractivity contribution in [3.8, 4) is 16.8 Å². The fourth-order valence-electron chi connectivity index (χ4n) is 5.26. The molecule has 0 fully saturated rings. The van der Waals surface area contributed by atoms with E-state index in [-0.39, 0.29) is 5.56 Å². The first-order valence-corrected chi connectivity index (χ1v) is 18.1. The summed E-state index contributed by atoms with van der Waals surface area (Å²) in [7, 11) is 0.681. The second-order valence-corrected chi connectivity index (χ2v) is 17.8. The minimum atomic E-state index is -1.22. The van der Waals surface area contributed by atoms with Crippen molar-refractivity contribution in [3.05, 3.63) is 89.3 Å². The molecule has 43 heavy (non-hydrogen) atoms. The minimum Gasteiger partial charge on any atom is -0.361 e. The van der Waals surface area contributed by atoms with Gasteiger partial charge in [-0.3, -0.25) is 14.0 Å². The second kappa shape index (κ2) is 11.3. The highest BCUT2D eigenvalue weighted by Crippen LogP contribution is 2.35. The maximum atomic E-state index is 13.9. The van der Waals surface area contributed by atoms with Crippen molar-refractivity contribution < 1.29 is 4.74 Å². The lowest BCUT2D eigenvalue weighted by atomic mass is 10.1. The zero-order valence-corrected chi connectivity index (χ0v) is 26.4. The molecule has 0 radical (unpaired) electrons. The monoisotopic (exact) mass is 595 g/mol. The number of aryl methyl sites for hydroxylation is 2. The average Bonchev–Trinajstić information content (AvgIpc) is 3.68. The van der Waals surface area contributed by atoms with Gasteiger partial charge < -0.3 is 14.6 Å². The first kappa shape index (κ1) is 28.6. The highest BCUT2D eigenvalue weighted by atomic mass is 28.3. The predicted octanol–water partition coefficient (Wildman–Crippen LogP) is 5.42. The van der Waals surface area contributed by atoms with Gasteiger partial charge in [-0.2, -0.15) is 10.2 Å². The summed E-state index contributed by atoms with van der Waals surface area (Å²) in [6.45, 7) is 12.0. The van der Waals surface area contributed by atoms with E-state index in [1.807, 2.05) is 86.6 Å². The molecule has 0 aliphatic heterocycles. The van der Waals surface area contributed by atoms with E-state index < -0.39 is 14.1 Å². The number of para-hydroxylation sites is 1. The van der Waals surface area contributed by atoms with Crippen molar-refractivity contribution in [1.82, 2.24) is 38.5 Å². The van der Waals surface area contributed by atoms with E-state index in [4.69, 9.17) is 9.84 Å². The van der Waals surface area contributed by atoms with Gasteiger partial charge in [-0.15, -0.1) is 0 Å². The number of fused-ring (bicyclic) bond motifs is 2. The Morgan fingerprint density at radius 2 is 1.86 bits per heavy atom. The van der Waals surface area contributed by atoms with E-state index >= 15 is 0 Å². The van der Waals surface area contributed by atoms with Crippen LogP contribution in [0.1, 0.15) is 24.4 Å². The van der Waals surface area contributed by atoms with Crippen molar-refractivity contribution in [2.45, 2.75) is 52.3 Å². The number of anilines is 1. The number of nitrogens with one attached hydrogen (secondary N) is 1. The molecule has 11 nitrogen and oxygen atoms in total. The molecule has 6 aromatic rings. The Balaban J connectivity index is 1.43. The maximum absolute atomic E-state index is 13.9. The maximum Gasteiger partial charge on any atom is 0.282 e. The fourth-order valence-corrected chi connectivity index (χ4v) is 6.02. The lowest BCUT2D eigenvalue weighted by molar-refractivity contribution is 0.0899. The third-order valence-corrected chi connectivity index (χ3v) is 9.27. The lowest BCUT2D eigenvalue weighted by Crippen LogP contribution is -2.29. The first-order chi connectivity index (χ1) is 20.6. The summed E-state index contributed by atoms with van der Waals surface area (Å²) >= 11 is 0. The molecule has 1 N–H and O–H groups in total. The zero-order chi connectivity index (χ0) is 30.3. The third kappa shape index (κ3) is 5.63. The number of benzene rings is 1. The van der Waals surface area contributed by atoms with Crippen LogP contribution in [0.2, 0.25) is 25.7 Å². The summed E-state index contributed by atoms with van der Waals surface area (Å²) in [4.78, 5) is 23.2. The van der Waals surface area contributed by atoms with Gasteiger partial charge in [0, 0.05) is 51.4 Å².